The summed E-state index contributed by atoms with van der Waals surface area (Å²) in [6.45, 7) is 0.358. The standard InChI is InChI=1S/C13H16BrF2NO2/c1-19-8-9(5-6-14)17-13(18)7-10-11(15)3-2-4-12(10)16/h2-4,9H,5-8H2,1H3,(H,17,18). The Balaban J connectivity index is 2.63. The number of rotatable bonds is 7. The minimum absolute atomic E-state index is 0.174. The number of carbonyl (C=O) groups is 1. The van der Waals surface area contributed by atoms with Gasteiger partial charge in [-0.1, -0.05) is 22.0 Å². The van der Waals surface area contributed by atoms with Gasteiger partial charge in [0.1, 0.15) is 11.6 Å². The molecule has 3 nitrogen and oxygen atoms in total. The molecular formula is C13H16BrF2NO2. The normalized spacial score (nSPS) is 12.2. The minimum atomic E-state index is -0.709. The van der Waals surface area contributed by atoms with Crippen LogP contribution >= 0.6 is 15.9 Å². The molecule has 0 bridgehead atoms. The Morgan fingerprint density at radius 3 is 2.58 bits per heavy atom. The molecule has 0 fully saturated rings. The van der Waals surface area contributed by atoms with Crippen molar-refractivity contribution in [1.82, 2.24) is 5.32 Å². The monoisotopic (exact) mass is 335 g/mol. The fourth-order valence-corrected chi connectivity index (χ4v) is 2.22. The predicted molar refractivity (Wildman–Crippen MR) is 72.3 cm³/mol. The first-order valence-corrected chi connectivity index (χ1v) is 6.97. The van der Waals surface area contributed by atoms with E-state index in [1.54, 1.807) is 0 Å². The summed E-state index contributed by atoms with van der Waals surface area (Å²) in [5.41, 5.74) is -0.213. The van der Waals surface area contributed by atoms with Gasteiger partial charge >= 0.3 is 0 Å². The van der Waals surface area contributed by atoms with E-state index in [1.807, 2.05) is 0 Å². The van der Waals surface area contributed by atoms with Crippen molar-refractivity contribution in [3.05, 3.63) is 35.4 Å². The Hall–Kier alpha value is -1.01. The Bertz CT molecular complexity index is 403. The van der Waals surface area contributed by atoms with Crippen LogP contribution < -0.4 is 5.32 Å². The highest BCUT2D eigenvalue weighted by atomic mass is 79.9. The summed E-state index contributed by atoms with van der Waals surface area (Å²) in [6, 6.07) is 3.37. The van der Waals surface area contributed by atoms with Gasteiger partial charge in [-0.25, -0.2) is 8.78 Å². The summed E-state index contributed by atoms with van der Waals surface area (Å²) < 4.78 is 31.8. The molecule has 1 aromatic rings. The van der Waals surface area contributed by atoms with Crippen molar-refractivity contribution in [1.29, 1.82) is 0 Å². The minimum Gasteiger partial charge on any atom is -0.383 e. The van der Waals surface area contributed by atoms with Crippen molar-refractivity contribution < 1.29 is 18.3 Å². The van der Waals surface area contributed by atoms with Gasteiger partial charge in [0.05, 0.1) is 19.1 Å². The molecule has 0 aliphatic heterocycles. The summed E-state index contributed by atoms with van der Waals surface area (Å²) >= 11 is 3.27. The molecule has 0 aliphatic carbocycles. The zero-order valence-electron chi connectivity index (χ0n) is 10.6. The molecule has 0 saturated heterocycles. The quantitative estimate of drug-likeness (QED) is 0.777. The van der Waals surface area contributed by atoms with Gasteiger partial charge in [-0.3, -0.25) is 4.79 Å². The average molecular weight is 336 g/mol. The zero-order valence-corrected chi connectivity index (χ0v) is 12.2. The molecule has 0 aromatic heterocycles. The highest BCUT2D eigenvalue weighted by Crippen LogP contribution is 2.12. The van der Waals surface area contributed by atoms with Crippen LogP contribution in [-0.4, -0.2) is 31.0 Å². The van der Waals surface area contributed by atoms with E-state index in [0.717, 1.165) is 12.1 Å². The van der Waals surface area contributed by atoms with Crippen LogP contribution in [0.4, 0.5) is 8.78 Å². The molecule has 1 amide bonds. The van der Waals surface area contributed by atoms with Gasteiger partial charge in [0, 0.05) is 18.0 Å². The number of benzene rings is 1. The Morgan fingerprint density at radius 2 is 2.05 bits per heavy atom. The first kappa shape index (κ1) is 16.0. The lowest BCUT2D eigenvalue weighted by Gasteiger charge is -2.17. The average Bonchev–Trinajstić information content (AvgIpc) is 2.35. The molecule has 1 unspecified atom stereocenters. The fraction of sp³-hybridized carbons (Fsp3) is 0.462. The van der Waals surface area contributed by atoms with E-state index in [9.17, 15) is 13.6 Å². The van der Waals surface area contributed by atoms with E-state index in [1.165, 1.54) is 13.2 Å². The second-order valence-corrected chi connectivity index (χ2v) is 4.87. The van der Waals surface area contributed by atoms with E-state index < -0.39 is 17.5 Å². The third-order valence-electron chi connectivity index (χ3n) is 2.59. The van der Waals surface area contributed by atoms with Crippen LogP contribution in [0.25, 0.3) is 0 Å². The number of ether oxygens (including phenoxy) is 1. The largest absolute Gasteiger partial charge is 0.383 e. The maximum absolute atomic E-state index is 13.4. The molecule has 0 heterocycles. The van der Waals surface area contributed by atoms with E-state index in [4.69, 9.17) is 4.74 Å². The first-order valence-electron chi connectivity index (χ1n) is 5.85. The Labute approximate surface area is 119 Å². The van der Waals surface area contributed by atoms with Crippen molar-refractivity contribution in [3.63, 3.8) is 0 Å². The number of halogens is 3. The second-order valence-electron chi connectivity index (χ2n) is 4.07. The van der Waals surface area contributed by atoms with Gasteiger partial charge < -0.3 is 10.1 Å². The van der Waals surface area contributed by atoms with E-state index in [2.05, 4.69) is 21.2 Å². The molecule has 0 spiro atoms. The SMILES string of the molecule is COCC(CCBr)NC(=O)Cc1c(F)cccc1F. The van der Waals surface area contributed by atoms with Gasteiger partial charge in [-0.05, 0) is 18.6 Å². The van der Waals surface area contributed by atoms with Gasteiger partial charge in [-0.15, -0.1) is 0 Å². The van der Waals surface area contributed by atoms with Crippen molar-refractivity contribution >= 4 is 21.8 Å². The number of carbonyl (C=O) groups excluding carboxylic acids is 1. The number of nitrogens with one attached hydrogen (secondary N) is 1. The molecule has 0 aliphatic rings. The van der Waals surface area contributed by atoms with Crippen LogP contribution in [0.3, 0.4) is 0 Å². The molecule has 106 valence electrons. The molecule has 1 N–H and O–H groups in total. The van der Waals surface area contributed by atoms with Gasteiger partial charge in [-0.2, -0.15) is 0 Å². The van der Waals surface area contributed by atoms with Crippen molar-refractivity contribution in [2.75, 3.05) is 19.0 Å². The lowest BCUT2D eigenvalue weighted by atomic mass is 10.1. The number of alkyl halides is 1. The lowest BCUT2D eigenvalue weighted by molar-refractivity contribution is -0.121. The lowest BCUT2D eigenvalue weighted by Crippen LogP contribution is -2.39. The van der Waals surface area contributed by atoms with Crippen LogP contribution in [-0.2, 0) is 16.0 Å². The second kappa shape index (κ2) is 8.22. The predicted octanol–water partition coefficient (Wildman–Crippen LogP) is 2.42. The summed E-state index contributed by atoms with van der Waals surface area (Å²) in [7, 11) is 1.53. The molecule has 0 saturated carbocycles. The molecule has 1 atom stereocenters. The van der Waals surface area contributed by atoms with Crippen LogP contribution in [0.1, 0.15) is 12.0 Å². The number of methoxy groups -OCH3 is 1. The third-order valence-corrected chi connectivity index (χ3v) is 3.05. The van der Waals surface area contributed by atoms with Gasteiger partial charge in [0.25, 0.3) is 0 Å². The van der Waals surface area contributed by atoms with E-state index >= 15 is 0 Å². The summed E-state index contributed by atoms with van der Waals surface area (Å²) in [6.07, 6.45) is 0.361. The molecule has 1 aromatic carbocycles. The molecular weight excluding hydrogens is 320 g/mol. The smallest absolute Gasteiger partial charge is 0.224 e. The molecule has 0 radical (unpaired) electrons. The van der Waals surface area contributed by atoms with Crippen LogP contribution in [0.15, 0.2) is 18.2 Å². The Kier molecular flexibility index (Phi) is 6.94. The topological polar surface area (TPSA) is 38.3 Å². The zero-order chi connectivity index (χ0) is 14.3. The Morgan fingerprint density at radius 1 is 1.42 bits per heavy atom. The molecule has 19 heavy (non-hydrogen) atoms. The van der Waals surface area contributed by atoms with Crippen LogP contribution in [0.2, 0.25) is 0 Å². The van der Waals surface area contributed by atoms with Crippen LogP contribution in [0, 0.1) is 11.6 Å². The fourth-order valence-electron chi connectivity index (χ4n) is 1.67. The van der Waals surface area contributed by atoms with Crippen molar-refractivity contribution in [2.24, 2.45) is 0 Å². The highest BCUT2D eigenvalue weighted by molar-refractivity contribution is 9.09. The van der Waals surface area contributed by atoms with Gasteiger partial charge in [0.2, 0.25) is 5.91 Å². The van der Waals surface area contributed by atoms with Gasteiger partial charge in [0.15, 0.2) is 0 Å². The van der Waals surface area contributed by atoms with E-state index in [0.29, 0.717) is 18.4 Å². The third kappa shape index (κ3) is 5.24. The summed E-state index contributed by atoms with van der Waals surface area (Å²) in [5, 5.41) is 3.40. The summed E-state index contributed by atoms with van der Waals surface area (Å²) in [4.78, 5) is 11.8. The number of hydrogen-bond acceptors (Lipinski definition) is 2. The molecule has 6 heteroatoms. The number of amides is 1. The molecule has 1 rings (SSSR count). The van der Waals surface area contributed by atoms with E-state index in [-0.39, 0.29) is 18.0 Å². The summed E-state index contributed by atoms with van der Waals surface area (Å²) in [5.74, 6) is -1.84. The maximum Gasteiger partial charge on any atom is 0.224 e. The van der Waals surface area contributed by atoms with Crippen LogP contribution in [0.5, 0.6) is 0 Å². The van der Waals surface area contributed by atoms with Crippen molar-refractivity contribution in [3.8, 4) is 0 Å². The maximum atomic E-state index is 13.4. The highest BCUT2D eigenvalue weighted by Gasteiger charge is 2.16. The van der Waals surface area contributed by atoms with Crippen molar-refractivity contribution in [2.45, 2.75) is 18.9 Å². The first-order chi connectivity index (χ1) is 9.08. The number of hydrogen-bond donors (Lipinski definition) is 1.